The van der Waals surface area contributed by atoms with Crippen LogP contribution in [-0.4, -0.2) is 65.1 Å². The molecule has 1 aromatic rings. The summed E-state index contributed by atoms with van der Waals surface area (Å²) >= 11 is 0. The number of hydrogen-bond donors (Lipinski definition) is 0. The lowest BCUT2D eigenvalue weighted by Gasteiger charge is -2.37. The normalized spacial score (nSPS) is 21.7. The van der Waals surface area contributed by atoms with Crippen molar-refractivity contribution in [2.24, 2.45) is 0 Å². The van der Waals surface area contributed by atoms with Gasteiger partial charge in [0.15, 0.2) is 5.78 Å². The first-order valence-corrected chi connectivity index (χ1v) is 7.04. The summed E-state index contributed by atoms with van der Waals surface area (Å²) in [5.74, 6) is 0.203. The highest BCUT2D eigenvalue weighted by Crippen LogP contribution is 2.13. The van der Waals surface area contributed by atoms with E-state index in [1.807, 2.05) is 10.9 Å². The van der Waals surface area contributed by atoms with Crippen LogP contribution in [0.25, 0.3) is 0 Å². The predicted molar refractivity (Wildman–Crippen MR) is 75.4 cm³/mol. The summed E-state index contributed by atoms with van der Waals surface area (Å²) in [6.45, 7) is 6.06. The van der Waals surface area contributed by atoms with Gasteiger partial charge in [-0.15, -0.1) is 0 Å². The standard InChI is InChI=1S/C14H24N4O/c1-4-5-18-10-12(9-15-18)14(19)8-13-11-16(2)6-7-17(13)3/h9-10,13H,4-8,11H2,1-3H3. The largest absolute Gasteiger partial charge is 0.304 e. The zero-order valence-electron chi connectivity index (χ0n) is 12.2. The smallest absolute Gasteiger partial charge is 0.167 e. The second-order valence-corrected chi connectivity index (χ2v) is 5.52. The average molecular weight is 264 g/mol. The summed E-state index contributed by atoms with van der Waals surface area (Å²) in [5.41, 5.74) is 0.745. The van der Waals surface area contributed by atoms with Crippen LogP contribution in [0.15, 0.2) is 12.4 Å². The van der Waals surface area contributed by atoms with Crippen molar-refractivity contribution < 1.29 is 4.79 Å². The zero-order valence-corrected chi connectivity index (χ0v) is 12.2. The molecule has 0 saturated carbocycles. The molecule has 0 bridgehead atoms. The fourth-order valence-electron chi connectivity index (χ4n) is 2.51. The number of piperazine rings is 1. The average Bonchev–Trinajstić information content (AvgIpc) is 2.83. The van der Waals surface area contributed by atoms with Gasteiger partial charge in [0.25, 0.3) is 0 Å². The molecule has 1 atom stereocenters. The third kappa shape index (κ3) is 3.64. The van der Waals surface area contributed by atoms with Crippen LogP contribution in [0.4, 0.5) is 0 Å². The lowest BCUT2D eigenvalue weighted by Crippen LogP contribution is -2.50. The van der Waals surface area contributed by atoms with Crippen LogP contribution in [0.1, 0.15) is 30.1 Å². The van der Waals surface area contributed by atoms with Crippen molar-refractivity contribution >= 4 is 5.78 Å². The minimum Gasteiger partial charge on any atom is -0.304 e. The molecular formula is C14H24N4O. The highest BCUT2D eigenvalue weighted by Gasteiger charge is 2.25. The molecule has 1 aromatic heterocycles. The molecule has 5 nitrogen and oxygen atoms in total. The van der Waals surface area contributed by atoms with Gasteiger partial charge >= 0.3 is 0 Å². The van der Waals surface area contributed by atoms with E-state index >= 15 is 0 Å². The third-order valence-electron chi connectivity index (χ3n) is 3.81. The number of Topliss-reactive ketones (excluding diaryl/α,β-unsaturated/α-hetero) is 1. The summed E-state index contributed by atoms with van der Waals surface area (Å²) in [4.78, 5) is 16.9. The molecule has 2 heterocycles. The van der Waals surface area contributed by atoms with E-state index in [2.05, 4.69) is 35.9 Å². The quantitative estimate of drug-likeness (QED) is 0.747. The summed E-state index contributed by atoms with van der Waals surface area (Å²) < 4.78 is 1.85. The van der Waals surface area contributed by atoms with Crippen molar-refractivity contribution in [3.8, 4) is 0 Å². The van der Waals surface area contributed by atoms with E-state index in [0.29, 0.717) is 12.5 Å². The fraction of sp³-hybridized carbons (Fsp3) is 0.714. The monoisotopic (exact) mass is 264 g/mol. The number of likely N-dealkylation sites (N-methyl/N-ethyl adjacent to an activating group) is 2. The molecule has 5 heteroatoms. The van der Waals surface area contributed by atoms with Gasteiger partial charge in [-0.25, -0.2) is 0 Å². The van der Waals surface area contributed by atoms with E-state index in [4.69, 9.17) is 0 Å². The third-order valence-corrected chi connectivity index (χ3v) is 3.81. The Morgan fingerprint density at radius 3 is 2.95 bits per heavy atom. The topological polar surface area (TPSA) is 41.4 Å². The number of carbonyl (C=O) groups excluding carboxylic acids is 1. The maximum Gasteiger partial charge on any atom is 0.167 e. The number of aromatic nitrogens is 2. The SMILES string of the molecule is CCCn1cc(C(=O)CC2CN(C)CCN2C)cn1. The Kier molecular flexibility index (Phi) is 4.71. The lowest BCUT2D eigenvalue weighted by atomic mass is 10.0. The molecule has 19 heavy (non-hydrogen) atoms. The number of hydrogen-bond acceptors (Lipinski definition) is 4. The Labute approximate surface area is 115 Å². The molecule has 0 radical (unpaired) electrons. The van der Waals surface area contributed by atoms with Crippen molar-refractivity contribution in [2.45, 2.75) is 32.4 Å². The van der Waals surface area contributed by atoms with Gasteiger partial charge in [0.1, 0.15) is 0 Å². The maximum atomic E-state index is 12.3. The molecule has 0 aromatic carbocycles. The van der Waals surface area contributed by atoms with Gasteiger partial charge < -0.3 is 9.80 Å². The number of nitrogens with zero attached hydrogens (tertiary/aromatic N) is 4. The molecule has 1 unspecified atom stereocenters. The minimum absolute atomic E-state index is 0.203. The van der Waals surface area contributed by atoms with Crippen molar-refractivity contribution in [3.63, 3.8) is 0 Å². The highest BCUT2D eigenvalue weighted by molar-refractivity contribution is 5.96. The van der Waals surface area contributed by atoms with Gasteiger partial charge in [0, 0.05) is 44.8 Å². The summed E-state index contributed by atoms with van der Waals surface area (Å²) in [6.07, 6.45) is 5.19. The van der Waals surface area contributed by atoms with Crippen LogP contribution in [-0.2, 0) is 6.54 Å². The summed E-state index contributed by atoms with van der Waals surface area (Å²) in [7, 11) is 4.22. The first-order chi connectivity index (χ1) is 9.10. The molecule has 1 fully saturated rings. The Bertz CT molecular complexity index is 429. The molecule has 0 amide bonds. The highest BCUT2D eigenvalue weighted by atomic mass is 16.1. The molecule has 2 rings (SSSR count). The van der Waals surface area contributed by atoms with E-state index in [9.17, 15) is 4.79 Å². The maximum absolute atomic E-state index is 12.3. The van der Waals surface area contributed by atoms with E-state index in [1.165, 1.54) is 0 Å². The second-order valence-electron chi connectivity index (χ2n) is 5.52. The molecule has 0 aliphatic carbocycles. The summed E-state index contributed by atoms with van der Waals surface area (Å²) in [5, 5.41) is 4.23. The van der Waals surface area contributed by atoms with Crippen molar-refractivity contribution in [1.29, 1.82) is 0 Å². The Hall–Kier alpha value is -1.20. The van der Waals surface area contributed by atoms with Gasteiger partial charge in [-0.2, -0.15) is 5.10 Å². The van der Waals surface area contributed by atoms with E-state index in [1.54, 1.807) is 6.20 Å². The summed E-state index contributed by atoms with van der Waals surface area (Å²) in [6, 6.07) is 0.320. The Morgan fingerprint density at radius 1 is 1.42 bits per heavy atom. The Morgan fingerprint density at radius 2 is 2.21 bits per heavy atom. The molecule has 0 spiro atoms. The van der Waals surface area contributed by atoms with Crippen molar-refractivity contribution in [2.75, 3.05) is 33.7 Å². The van der Waals surface area contributed by atoms with Crippen molar-refractivity contribution in [1.82, 2.24) is 19.6 Å². The molecule has 0 N–H and O–H groups in total. The van der Waals surface area contributed by atoms with Crippen LogP contribution in [0, 0.1) is 0 Å². The van der Waals surface area contributed by atoms with Gasteiger partial charge in [-0.3, -0.25) is 9.48 Å². The van der Waals surface area contributed by atoms with E-state index < -0.39 is 0 Å². The van der Waals surface area contributed by atoms with Crippen LogP contribution < -0.4 is 0 Å². The van der Waals surface area contributed by atoms with Crippen LogP contribution in [0.5, 0.6) is 0 Å². The lowest BCUT2D eigenvalue weighted by molar-refractivity contribution is 0.0810. The van der Waals surface area contributed by atoms with Gasteiger partial charge in [-0.05, 0) is 20.5 Å². The van der Waals surface area contributed by atoms with Gasteiger partial charge in [0.05, 0.1) is 11.8 Å². The first-order valence-electron chi connectivity index (χ1n) is 7.04. The zero-order chi connectivity index (χ0) is 13.8. The molecule has 106 valence electrons. The number of carbonyl (C=O) groups is 1. The van der Waals surface area contributed by atoms with Crippen LogP contribution in [0.3, 0.4) is 0 Å². The molecule has 1 aliphatic heterocycles. The van der Waals surface area contributed by atoms with Crippen LogP contribution in [0.2, 0.25) is 0 Å². The van der Waals surface area contributed by atoms with Crippen molar-refractivity contribution in [3.05, 3.63) is 18.0 Å². The van der Waals surface area contributed by atoms with Gasteiger partial charge in [-0.1, -0.05) is 6.92 Å². The first kappa shape index (κ1) is 14.2. The molecule has 1 aliphatic rings. The number of aryl methyl sites for hydroxylation is 1. The minimum atomic E-state index is 0.203. The van der Waals surface area contributed by atoms with Crippen LogP contribution >= 0.6 is 0 Å². The number of rotatable bonds is 5. The Balaban J connectivity index is 1.95. The van der Waals surface area contributed by atoms with E-state index in [-0.39, 0.29) is 5.78 Å². The molecular weight excluding hydrogens is 240 g/mol. The fourth-order valence-corrected chi connectivity index (χ4v) is 2.51. The van der Waals surface area contributed by atoms with E-state index in [0.717, 1.165) is 38.2 Å². The predicted octanol–water partition coefficient (Wildman–Crippen LogP) is 1.11. The van der Waals surface area contributed by atoms with Gasteiger partial charge in [0.2, 0.25) is 0 Å². The second kappa shape index (κ2) is 6.30. The number of ketones is 1. The molecule has 1 saturated heterocycles.